The molecule has 4 rings (SSSR count). The average Bonchev–Trinajstić information content (AvgIpc) is 3.24. The van der Waals surface area contributed by atoms with Gasteiger partial charge < -0.3 is 9.80 Å². The first-order valence-electron chi connectivity index (χ1n) is 9.47. The van der Waals surface area contributed by atoms with E-state index in [9.17, 15) is 0 Å². The molecule has 2 aromatic heterocycles. The molecule has 6 nitrogen and oxygen atoms in total. The van der Waals surface area contributed by atoms with E-state index in [1.165, 1.54) is 24.8 Å². The predicted molar refractivity (Wildman–Crippen MR) is 99.9 cm³/mol. The topological polar surface area (TPSA) is 50.1 Å². The SMILES string of the molecule is CC1CCCN(c2cc(N3CCC(Cc4cnn(C)c4)C3)ncn2)C1. The fraction of sp³-hybridized carbons (Fsp3) is 0.632. The van der Waals surface area contributed by atoms with Crippen molar-refractivity contribution in [3.63, 3.8) is 0 Å². The lowest BCUT2D eigenvalue weighted by Gasteiger charge is -2.32. The molecular weight excluding hydrogens is 312 g/mol. The third-order valence-electron chi connectivity index (χ3n) is 5.51. The highest BCUT2D eigenvalue weighted by Crippen LogP contribution is 2.28. The fourth-order valence-electron chi connectivity index (χ4n) is 4.20. The van der Waals surface area contributed by atoms with E-state index >= 15 is 0 Å². The van der Waals surface area contributed by atoms with Gasteiger partial charge in [-0.1, -0.05) is 6.92 Å². The maximum Gasteiger partial charge on any atom is 0.134 e. The number of hydrogen-bond acceptors (Lipinski definition) is 5. The second-order valence-electron chi connectivity index (χ2n) is 7.75. The Kier molecular flexibility index (Phi) is 4.59. The van der Waals surface area contributed by atoms with E-state index in [-0.39, 0.29) is 0 Å². The molecule has 2 atom stereocenters. The number of aromatic nitrogens is 4. The summed E-state index contributed by atoms with van der Waals surface area (Å²) in [4.78, 5) is 13.9. The highest BCUT2D eigenvalue weighted by atomic mass is 15.3. The number of piperidine rings is 1. The van der Waals surface area contributed by atoms with Crippen LogP contribution in [0.2, 0.25) is 0 Å². The number of nitrogens with zero attached hydrogens (tertiary/aromatic N) is 6. The Balaban J connectivity index is 1.41. The van der Waals surface area contributed by atoms with Crippen LogP contribution in [0.15, 0.2) is 24.8 Å². The van der Waals surface area contributed by atoms with Crippen LogP contribution in [0.4, 0.5) is 11.6 Å². The molecule has 2 aromatic rings. The molecular formula is C19H28N6. The third-order valence-corrected chi connectivity index (χ3v) is 5.51. The molecule has 0 saturated carbocycles. The standard InChI is InChI=1S/C19H28N6/c1-15-4-3-6-24(11-15)18-9-19(21-14-20-18)25-7-5-16(13-25)8-17-10-22-23(2)12-17/h9-10,12,14-16H,3-8,11,13H2,1-2H3. The van der Waals surface area contributed by atoms with Gasteiger partial charge in [0.1, 0.15) is 18.0 Å². The van der Waals surface area contributed by atoms with E-state index in [1.54, 1.807) is 6.33 Å². The van der Waals surface area contributed by atoms with Crippen LogP contribution in [0, 0.1) is 11.8 Å². The predicted octanol–water partition coefficient (Wildman–Crippen LogP) is 2.52. The smallest absolute Gasteiger partial charge is 0.134 e. The van der Waals surface area contributed by atoms with Gasteiger partial charge in [0.25, 0.3) is 0 Å². The number of hydrogen-bond donors (Lipinski definition) is 0. The van der Waals surface area contributed by atoms with Crippen LogP contribution in [0.25, 0.3) is 0 Å². The molecule has 6 heteroatoms. The number of rotatable bonds is 4. The van der Waals surface area contributed by atoms with Gasteiger partial charge in [0.05, 0.1) is 6.20 Å². The molecule has 0 spiro atoms. The van der Waals surface area contributed by atoms with Crippen molar-refractivity contribution in [3.05, 3.63) is 30.4 Å². The number of anilines is 2. The lowest BCUT2D eigenvalue weighted by atomic mass is 10.0. The van der Waals surface area contributed by atoms with Crippen LogP contribution in [-0.4, -0.2) is 45.9 Å². The minimum Gasteiger partial charge on any atom is -0.356 e. The van der Waals surface area contributed by atoms with Crippen molar-refractivity contribution >= 4 is 11.6 Å². The van der Waals surface area contributed by atoms with Gasteiger partial charge in [0.2, 0.25) is 0 Å². The Morgan fingerprint density at radius 1 is 1.08 bits per heavy atom. The summed E-state index contributed by atoms with van der Waals surface area (Å²) in [6.07, 6.45) is 10.8. The zero-order chi connectivity index (χ0) is 17.2. The Hall–Kier alpha value is -2.11. The lowest BCUT2D eigenvalue weighted by molar-refractivity contribution is 0.444. The van der Waals surface area contributed by atoms with E-state index < -0.39 is 0 Å². The van der Waals surface area contributed by atoms with Crippen LogP contribution in [0.1, 0.15) is 31.7 Å². The van der Waals surface area contributed by atoms with Crippen LogP contribution in [0.5, 0.6) is 0 Å². The fourth-order valence-corrected chi connectivity index (χ4v) is 4.20. The Labute approximate surface area is 149 Å². The summed E-state index contributed by atoms with van der Waals surface area (Å²) in [6.45, 7) is 6.71. The molecule has 25 heavy (non-hydrogen) atoms. The van der Waals surface area contributed by atoms with E-state index in [4.69, 9.17) is 0 Å². The molecule has 0 radical (unpaired) electrons. The first kappa shape index (κ1) is 16.4. The van der Waals surface area contributed by atoms with Gasteiger partial charge in [-0.05, 0) is 43.1 Å². The Bertz CT molecular complexity index is 711. The summed E-state index contributed by atoms with van der Waals surface area (Å²) in [7, 11) is 1.98. The van der Waals surface area contributed by atoms with E-state index in [1.807, 2.05) is 17.9 Å². The van der Waals surface area contributed by atoms with Gasteiger partial charge in [0, 0.05) is 45.5 Å². The molecule has 2 fully saturated rings. The first-order valence-corrected chi connectivity index (χ1v) is 9.47. The van der Waals surface area contributed by atoms with Gasteiger partial charge in [-0.15, -0.1) is 0 Å². The molecule has 4 heterocycles. The summed E-state index contributed by atoms with van der Waals surface area (Å²) >= 11 is 0. The van der Waals surface area contributed by atoms with E-state index in [2.05, 4.69) is 44.1 Å². The largest absolute Gasteiger partial charge is 0.356 e. The van der Waals surface area contributed by atoms with Gasteiger partial charge >= 0.3 is 0 Å². The molecule has 0 amide bonds. The Morgan fingerprint density at radius 3 is 2.60 bits per heavy atom. The maximum absolute atomic E-state index is 4.55. The van der Waals surface area contributed by atoms with Gasteiger partial charge in [-0.2, -0.15) is 5.10 Å². The molecule has 2 aliphatic rings. The maximum atomic E-state index is 4.55. The van der Waals surface area contributed by atoms with Crippen LogP contribution in [0.3, 0.4) is 0 Å². The summed E-state index contributed by atoms with van der Waals surface area (Å²) in [5.41, 5.74) is 1.33. The normalized spacial score (nSPS) is 24.1. The van der Waals surface area contributed by atoms with Gasteiger partial charge in [-0.25, -0.2) is 9.97 Å². The van der Waals surface area contributed by atoms with Crippen LogP contribution in [-0.2, 0) is 13.5 Å². The minimum absolute atomic E-state index is 0.678. The van der Waals surface area contributed by atoms with Crippen molar-refractivity contribution in [3.8, 4) is 0 Å². The van der Waals surface area contributed by atoms with Crippen LogP contribution >= 0.6 is 0 Å². The summed E-state index contributed by atoms with van der Waals surface area (Å²) in [5.74, 6) is 3.60. The third kappa shape index (κ3) is 3.78. The second kappa shape index (κ2) is 7.02. The van der Waals surface area contributed by atoms with E-state index in [0.29, 0.717) is 5.92 Å². The monoisotopic (exact) mass is 340 g/mol. The summed E-state index contributed by atoms with van der Waals surface area (Å²) in [5, 5.41) is 4.28. The van der Waals surface area contributed by atoms with Crippen molar-refractivity contribution in [2.24, 2.45) is 18.9 Å². The van der Waals surface area contributed by atoms with Crippen molar-refractivity contribution in [2.75, 3.05) is 36.0 Å². The first-order chi connectivity index (χ1) is 12.2. The van der Waals surface area contributed by atoms with Crippen molar-refractivity contribution in [1.29, 1.82) is 0 Å². The molecule has 2 unspecified atom stereocenters. The van der Waals surface area contributed by atoms with E-state index in [0.717, 1.165) is 50.2 Å². The zero-order valence-corrected chi connectivity index (χ0v) is 15.3. The Morgan fingerprint density at radius 2 is 1.88 bits per heavy atom. The van der Waals surface area contributed by atoms with Gasteiger partial charge in [0.15, 0.2) is 0 Å². The molecule has 2 saturated heterocycles. The van der Waals surface area contributed by atoms with Crippen molar-refractivity contribution in [1.82, 2.24) is 19.7 Å². The van der Waals surface area contributed by atoms with Crippen molar-refractivity contribution < 1.29 is 0 Å². The molecule has 134 valence electrons. The molecule has 0 aliphatic carbocycles. The van der Waals surface area contributed by atoms with Crippen LogP contribution < -0.4 is 9.80 Å². The summed E-state index contributed by atoms with van der Waals surface area (Å²) in [6, 6.07) is 2.19. The molecule has 0 N–H and O–H groups in total. The minimum atomic E-state index is 0.678. The summed E-state index contributed by atoms with van der Waals surface area (Å²) < 4.78 is 1.89. The molecule has 0 aromatic carbocycles. The quantitative estimate of drug-likeness (QED) is 0.856. The molecule has 2 aliphatic heterocycles. The van der Waals surface area contributed by atoms with Gasteiger partial charge in [-0.3, -0.25) is 4.68 Å². The lowest BCUT2D eigenvalue weighted by Crippen LogP contribution is -2.35. The average molecular weight is 340 g/mol. The highest BCUT2D eigenvalue weighted by Gasteiger charge is 2.25. The zero-order valence-electron chi connectivity index (χ0n) is 15.3. The highest BCUT2D eigenvalue weighted by molar-refractivity contribution is 5.51. The number of aryl methyl sites for hydroxylation is 1. The van der Waals surface area contributed by atoms with Crippen molar-refractivity contribution in [2.45, 2.75) is 32.6 Å². The molecule has 0 bridgehead atoms. The second-order valence-corrected chi connectivity index (χ2v) is 7.75.